The van der Waals surface area contributed by atoms with Gasteiger partial charge in [-0.05, 0) is 43.1 Å². The number of aromatic nitrogens is 2. The first-order chi connectivity index (χ1) is 8.90. The molecule has 18 heavy (non-hydrogen) atoms. The van der Waals surface area contributed by atoms with E-state index in [9.17, 15) is 0 Å². The van der Waals surface area contributed by atoms with E-state index in [2.05, 4.69) is 46.2 Å². The Labute approximate surface area is 109 Å². The minimum atomic E-state index is 0.938. The van der Waals surface area contributed by atoms with Crippen LogP contribution < -0.4 is 5.32 Å². The number of pyridine rings is 1. The van der Waals surface area contributed by atoms with Crippen molar-refractivity contribution in [2.45, 2.75) is 32.9 Å². The van der Waals surface area contributed by atoms with Crippen LogP contribution in [0.25, 0.3) is 0 Å². The van der Waals surface area contributed by atoms with Crippen LogP contribution in [0.2, 0.25) is 0 Å². The van der Waals surface area contributed by atoms with Crippen molar-refractivity contribution in [1.29, 1.82) is 0 Å². The van der Waals surface area contributed by atoms with Crippen LogP contribution in [0.4, 0.5) is 0 Å². The molecule has 96 valence electrons. The second kappa shape index (κ2) is 6.97. The molecule has 0 bridgehead atoms. The van der Waals surface area contributed by atoms with Gasteiger partial charge in [0.05, 0.1) is 0 Å². The number of aryl methyl sites for hydroxylation is 1. The molecule has 2 aromatic heterocycles. The van der Waals surface area contributed by atoms with Crippen LogP contribution in [-0.4, -0.2) is 16.1 Å². The summed E-state index contributed by atoms with van der Waals surface area (Å²) in [5, 5.41) is 3.49. The summed E-state index contributed by atoms with van der Waals surface area (Å²) in [5.41, 5.74) is 2.65. The predicted molar refractivity (Wildman–Crippen MR) is 74.4 cm³/mol. The third-order valence-corrected chi connectivity index (χ3v) is 3.01. The van der Waals surface area contributed by atoms with Gasteiger partial charge in [-0.25, -0.2) is 0 Å². The molecule has 0 aromatic carbocycles. The number of rotatable bonds is 7. The van der Waals surface area contributed by atoms with Crippen LogP contribution in [0.5, 0.6) is 0 Å². The van der Waals surface area contributed by atoms with Gasteiger partial charge in [0.1, 0.15) is 0 Å². The van der Waals surface area contributed by atoms with Gasteiger partial charge in [0.15, 0.2) is 0 Å². The van der Waals surface area contributed by atoms with Gasteiger partial charge in [0.25, 0.3) is 0 Å². The van der Waals surface area contributed by atoms with Crippen LogP contribution in [0.1, 0.15) is 24.6 Å². The Morgan fingerprint density at radius 1 is 1.28 bits per heavy atom. The summed E-state index contributed by atoms with van der Waals surface area (Å²) in [6.07, 6.45) is 8.11. The molecule has 0 atom stereocenters. The van der Waals surface area contributed by atoms with Crippen molar-refractivity contribution in [3.05, 3.63) is 54.1 Å². The first kappa shape index (κ1) is 12.8. The van der Waals surface area contributed by atoms with E-state index in [4.69, 9.17) is 0 Å². The molecule has 0 radical (unpaired) electrons. The molecule has 1 N–H and O–H groups in total. The lowest BCUT2D eigenvalue weighted by molar-refractivity contribution is 0.602. The van der Waals surface area contributed by atoms with E-state index in [0.717, 1.165) is 26.1 Å². The first-order valence-electron chi connectivity index (χ1n) is 6.64. The lowest BCUT2D eigenvalue weighted by Crippen LogP contribution is -2.18. The molecule has 0 saturated carbocycles. The summed E-state index contributed by atoms with van der Waals surface area (Å²) in [7, 11) is 0. The van der Waals surface area contributed by atoms with Gasteiger partial charge in [-0.3, -0.25) is 4.98 Å². The topological polar surface area (TPSA) is 29.9 Å². The standard InChI is InChI=1S/C15H21N3/c1-2-10-18-11-4-6-15(18)13-17-9-7-14-5-3-8-16-12-14/h3-6,8,11-12,17H,2,7,9-10,13H2,1H3. The SMILES string of the molecule is CCCn1cccc1CNCCc1cccnc1. The van der Waals surface area contributed by atoms with Crippen LogP contribution in [0.3, 0.4) is 0 Å². The monoisotopic (exact) mass is 243 g/mol. The zero-order valence-electron chi connectivity index (χ0n) is 11.0. The predicted octanol–water partition coefficient (Wildman–Crippen LogP) is 2.63. The molecule has 0 spiro atoms. The Kier molecular flexibility index (Phi) is 4.97. The second-order valence-corrected chi connectivity index (χ2v) is 4.48. The van der Waals surface area contributed by atoms with Gasteiger partial charge in [0.2, 0.25) is 0 Å². The number of nitrogens with one attached hydrogen (secondary N) is 1. The molecule has 0 aliphatic carbocycles. The van der Waals surface area contributed by atoms with Crippen molar-refractivity contribution in [2.24, 2.45) is 0 Å². The van der Waals surface area contributed by atoms with E-state index in [-0.39, 0.29) is 0 Å². The quantitative estimate of drug-likeness (QED) is 0.758. The number of hydrogen-bond donors (Lipinski definition) is 1. The van der Waals surface area contributed by atoms with E-state index >= 15 is 0 Å². The summed E-state index contributed by atoms with van der Waals surface area (Å²) in [5.74, 6) is 0. The van der Waals surface area contributed by atoms with E-state index in [1.54, 1.807) is 0 Å². The van der Waals surface area contributed by atoms with Crippen molar-refractivity contribution in [3.63, 3.8) is 0 Å². The highest BCUT2D eigenvalue weighted by Crippen LogP contribution is 2.03. The van der Waals surface area contributed by atoms with Gasteiger partial charge in [-0.15, -0.1) is 0 Å². The van der Waals surface area contributed by atoms with Crippen LogP contribution >= 0.6 is 0 Å². The molecule has 0 aliphatic rings. The molecule has 2 aromatic rings. The van der Waals surface area contributed by atoms with Gasteiger partial charge >= 0.3 is 0 Å². The summed E-state index contributed by atoms with van der Waals surface area (Å²) < 4.78 is 2.32. The van der Waals surface area contributed by atoms with Crippen LogP contribution in [0.15, 0.2) is 42.9 Å². The van der Waals surface area contributed by atoms with Gasteiger partial charge in [0, 0.05) is 37.4 Å². The van der Waals surface area contributed by atoms with Crippen molar-refractivity contribution < 1.29 is 0 Å². The summed E-state index contributed by atoms with van der Waals surface area (Å²) in [6.45, 7) is 5.24. The van der Waals surface area contributed by atoms with E-state index < -0.39 is 0 Å². The highest BCUT2D eigenvalue weighted by Gasteiger charge is 1.99. The lowest BCUT2D eigenvalue weighted by atomic mass is 10.2. The molecule has 2 rings (SSSR count). The van der Waals surface area contributed by atoms with Crippen LogP contribution in [0, 0.1) is 0 Å². The fourth-order valence-corrected chi connectivity index (χ4v) is 2.06. The summed E-state index contributed by atoms with van der Waals surface area (Å²) in [6, 6.07) is 8.41. The fraction of sp³-hybridized carbons (Fsp3) is 0.400. The van der Waals surface area contributed by atoms with Crippen molar-refractivity contribution in [1.82, 2.24) is 14.9 Å². The summed E-state index contributed by atoms with van der Waals surface area (Å²) >= 11 is 0. The molecular weight excluding hydrogens is 222 g/mol. The molecular formula is C15H21N3. The number of hydrogen-bond acceptors (Lipinski definition) is 2. The van der Waals surface area contributed by atoms with Gasteiger partial charge < -0.3 is 9.88 Å². The lowest BCUT2D eigenvalue weighted by Gasteiger charge is -2.09. The Balaban J connectivity index is 1.73. The Bertz CT molecular complexity index is 448. The van der Waals surface area contributed by atoms with E-state index in [1.807, 2.05) is 18.5 Å². The largest absolute Gasteiger partial charge is 0.350 e. The normalized spacial score (nSPS) is 10.7. The summed E-state index contributed by atoms with van der Waals surface area (Å²) in [4.78, 5) is 4.12. The molecule has 3 nitrogen and oxygen atoms in total. The van der Waals surface area contributed by atoms with E-state index in [0.29, 0.717) is 0 Å². The molecule has 3 heteroatoms. The van der Waals surface area contributed by atoms with E-state index in [1.165, 1.54) is 17.7 Å². The smallest absolute Gasteiger partial charge is 0.0359 e. The highest BCUT2D eigenvalue weighted by atomic mass is 15.0. The Morgan fingerprint density at radius 2 is 2.22 bits per heavy atom. The average molecular weight is 243 g/mol. The first-order valence-corrected chi connectivity index (χ1v) is 6.64. The van der Waals surface area contributed by atoms with Crippen molar-refractivity contribution in [2.75, 3.05) is 6.54 Å². The molecule has 0 unspecified atom stereocenters. The zero-order chi connectivity index (χ0) is 12.6. The average Bonchev–Trinajstić information content (AvgIpc) is 2.84. The molecule has 0 saturated heterocycles. The van der Waals surface area contributed by atoms with Crippen molar-refractivity contribution in [3.8, 4) is 0 Å². The minimum absolute atomic E-state index is 0.938. The minimum Gasteiger partial charge on any atom is -0.350 e. The molecule has 2 heterocycles. The van der Waals surface area contributed by atoms with Crippen molar-refractivity contribution >= 4 is 0 Å². The molecule has 0 fully saturated rings. The highest BCUT2D eigenvalue weighted by molar-refractivity contribution is 5.09. The number of nitrogens with zero attached hydrogens (tertiary/aromatic N) is 2. The fourth-order valence-electron chi connectivity index (χ4n) is 2.06. The van der Waals surface area contributed by atoms with Gasteiger partial charge in [-0.2, -0.15) is 0 Å². The third kappa shape index (κ3) is 3.70. The maximum atomic E-state index is 4.12. The molecule has 0 aliphatic heterocycles. The van der Waals surface area contributed by atoms with Gasteiger partial charge in [-0.1, -0.05) is 13.0 Å². The van der Waals surface area contributed by atoms with Crippen LogP contribution in [-0.2, 0) is 19.5 Å². The second-order valence-electron chi connectivity index (χ2n) is 4.48. The maximum Gasteiger partial charge on any atom is 0.0359 e. The third-order valence-electron chi connectivity index (χ3n) is 3.01. The zero-order valence-corrected chi connectivity index (χ0v) is 11.0. The maximum absolute atomic E-state index is 4.12. The molecule has 0 amide bonds. The Morgan fingerprint density at radius 3 is 3.00 bits per heavy atom. The Hall–Kier alpha value is -1.61.